The van der Waals surface area contributed by atoms with Crippen molar-refractivity contribution in [3.05, 3.63) is 122 Å². The lowest BCUT2D eigenvalue weighted by Crippen LogP contribution is -2.43. The molecule has 0 bridgehead atoms. The molecule has 59 heavy (non-hydrogen) atoms. The van der Waals surface area contributed by atoms with Crippen LogP contribution in [0.5, 0.6) is 11.5 Å². The Labute approximate surface area is 352 Å². The first-order chi connectivity index (χ1) is 28.2. The van der Waals surface area contributed by atoms with E-state index in [0.29, 0.717) is 64.7 Å². The fourth-order valence-electron chi connectivity index (χ4n) is 8.82. The van der Waals surface area contributed by atoms with Crippen LogP contribution in [0.3, 0.4) is 0 Å². The van der Waals surface area contributed by atoms with E-state index in [2.05, 4.69) is 16.5 Å². The smallest absolute Gasteiger partial charge is 0.352 e. The zero-order valence-corrected chi connectivity index (χ0v) is 35.9. The number of hydrogen-bond donors (Lipinski definition) is 1. The van der Waals surface area contributed by atoms with Gasteiger partial charge in [-0.3, -0.25) is 14.5 Å². The topological polar surface area (TPSA) is 117 Å². The van der Waals surface area contributed by atoms with Gasteiger partial charge in [0.05, 0.1) is 53.4 Å². The van der Waals surface area contributed by atoms with E-state index in [-0.39, 0.29) is 24.2 Å². The number of carboxylic acid groups (broad SMARTS) is 1. The van der Waals surface area contributed by atoms with Crippen molar-refractivity contribution in [1.82, 2.24) is 23.9 Å². The highest BCUT2D eigenvalue weighted by molar-refractivity contribution is 6.35. The summed E-state index contributed by atoms with van der Waals surface area (Å²) in [5, 5.41) is 18.1. The molecule has 5 heterocycles. The quantitative estimate of drug-likeness (QED) is 0.129. The maximum Gasteiger partial charge on any atom is 0.352 e. The normalized spacial score (nSPS) is 14.1. The number of anilines is 1. The van der Waals surface area contributed by atoms with Crippen LogP contribution in [0.2, 0.25) is 10.0 Å². The van der Waals surface area contributed by atoms with E-state index in [4.69, 9.17) is 37.8 Å². The van der Waals surface area contributed by atoms with E-state index >= 15 is 4.79 Å². The molecular weight excluding hydrogens is 787 g/mol. The summed E-state index contributed by atoms with van der Waals surface area (Å²) in [4.78, 5) is 34.8. The number of carboxylic acids is 1. The third-order valence-electron chi connectivity index (χ3n) is 11.5. The van der Waals surface area contributed by atoms with Crippen LogP contribution in [0.25, 0.3) is 32.9 Å². The number of nitrogens with zero attached hydrogens (tertiary/aromatic N) is 6. The number of benzene rings is 3. The first-order valence-electron chi connectivity index (χ1n) is 19.6. The Kier molecular flexibility index (Phi) is 10.5. The third-order valence-corrected chi connectivity index (χ3v) is 12.4. The average molecular weight is 834 g/mol. The number of pyridine rings is 1. The average Bonchev–Trinajstić information content (AvgIpc) is 3.81. The van der Waals surface area contributed by atoms with Crippen LogP contribution in [-0.2, 0) is 20.0 Å². The highest BCUT2D eigenvalue weighted by Crippen LogP contribution is 2.46. The second kappa shape index (κ2) is 15.4. The molecule has 0 saturated carbocycles. The number of aromatic nitrogens is 5. The Hall–Kier alpha value is -5.78. The van der Waals surface area contributed by atoms with Gasteiger partial charge in [-0.05, 0) is 114 Å². The molecule has 1 amide bonds. The molecule has 11 nitrogen and oxygen atoms in total. The summed E-state index contributed by atoms with van der Waals surface area (Å²) in [6, 6.07) is 18.5. The van der Waals surface area contributed by atoms with Crippen LogP contribution >= 0.6 is 23.2 Å². The monoisotopic (exact) mass is 832 g/mol. The first-order valence-corrected chi connectivity index (χ1v) is 20.4. The van der Waals surface area contributed by atoms with E-state index in [1.807, 2.05) is 101 Å². The Balaban J connectivity index is 1.31. The van der Waals surface area contributed by atoms with Crippen molar-refractivity contribution in [2.75, 3.05) is 25.2 Å². The molecular formula is C46H46Cl2N6O5. The van der Waals surface area contributed by atoms with Gasteiger partial charge in [-0.25, -0.2) is 4.79 Å². The van der Waals surface area contributed by atoms with Gasteiger partial charge in [-0.2, -0.15) is 5.10 Å². The summed E-state index contributed by atoms with van der Waals surface area (Å²) in [6.45, 7) is 12.8. The summed E-state index contributed by atoms with van der Waals surface area (Å²) >= 11 is 13.6. The molecule has 0 fully saturated rings. The van der Waals surface area contributed by atoms with Gasteiger partial charge in [0.1, 0.15) is 22.9 Å². The molecule has 7 aromatic rings. The molecule has 1 atom stereocenters. The number of aryl methyl sites for hydroxylation is 6. The van der Waals surface area contributed by atoms with Gasteiger partial charge < -0.3 is 28.6 Å². The molecule has 13 heteroatoms. The van der Waals surface area contributed by atoms with Gasteiger partial charge in [-0.15, -0.1) is 0 Å². The lowest BCUT2D eigenvalue weighted by atomic mass is 9.98. The SMILES string of the molecule is COc1cc(N2C[C@@H](C)n3c(c(CCCOc4cc(C)c(Cl)c(C)c4)c4ccc(Cl)c(-c5c(C)nn(C)c5C)c43)C2=O)c2c(c1)cc(C(=O)O)n2Cc1cccc(C)n1. The van der Waals surface area contributed by atoms with Gasteiger partial charge in [0.15, 0.2) is 0 Å². The Morgan fingerprint density at radius 2 is 1.69 bits per heavy atom. The predicted octanol–water partition coefficient (Wildman–Crippen LogP) is 10.2. The summed E-state index contributed by atoms with van der Waals surface area (Å²) in [5.41, 5.74) is 10.5. The zero-order valence-electron chi connectivity index (χ0n) is 34.4. The number of carbonyl (C=O) groups excluding carboxylic acids is 1. The standard InChI is InChI=1S/C46H46Cl2N6O5/c1-24-17-33(18-25(2)41(24)48)59-16-10-13-34-35-14-15-36(47)40(39-28(5)50-51(7)29(39)6)43(35)54-27(4)22-53(45(55)44(34)54)37-21-32(58-8)19-30-20-38(46(56)57)52(42(30)37)23-31-12-9-11-26(3)49-31/h9,11-12,14-15,17-21,27H,10,13,16,22-23H2,1-8H3,(H,56,57)/t27-/m1/s1. The molecule has 0 saturated heterocycles. The minimum atomic E-state index is -1.09. The highest BCUT2D eigenvalue weighted by atomic mass is 35.5. The van der Waals surface area contributed by atoms with Gasteiger partial charge >= 0.3 is 5.97 Å². The second-order valence-corrected chi connectivity index (χ2v) is 16.3. The summed E-state index contributed by atoms with van der Waals surface area (Å²) in [6.07, 6.45) is 1.16. The molecule has 0 radical (unpaired) electrons. The number of rotatable bonds is 11. The number of ether oxygens (including phenoxy) is 2. The van der Waals surface area contributed by atoms with Crippen molar-refractivity contribution in [3.63, 3.8) is 0 Å². The number of fused-ring (bicyclic) bond motifs is 4. The molecule has 1 aliphatic rings. The fourth-order valence-corrected chi connectivity index (χ4v) is 9.17. The van der Waals surface area contributed by atoms with E-state index in [1.165, 1.54) is 0 Å². The number of halogens is 2. The molecule has 0 aliphatic carbocycles. The summed E-state index contributed by atoms with van der Waals surface area (Å²) in [7, 11) is 3.48. The van der Waals surface area contributed by atoms with Crippen molar-refractivity contribution in [3.8, 4) is 22.6 Å². The van der Waals surface area contributed by atoms with E-state index in [1.54, 1.807) is 22.6 Å². The molecule has 3 aromatic carbocycles. The number of amides is 1. The Bertz CT molecular complexity index is 2830. The highest BCUT2D eigenvalue weighted by Gasteiger charge is 2.38. The Morgan fingerprint density at radius 3 is 2.36 bits per heavy atom. The Morgan fingerprint density at radius 1 is 0.949 bits per heavy atom. The molecule has 304 valence electrons. The van der Waals surface area contributed by atoms with Crippen LogP contribution in [0.1, 0.15) is 79.8 Å². The van der Waals surface area contributed by atoms with Crippen LogP contribution in [-0.4, -0.2) is 61.1 Å². The maximum absolute atomic E-state index is 15.5. The molecule has 1 aliphatic heterocycles. The number of hydrogen-bond acceptors (Lipinski definition) is 6. The van der Waals surface area contributed by atoms with E-state index < -0.39 is 5.97 Å². The largest absolute Gasteiger partial charge is 0.497 e. The van der Waals surface area contributed by atoms with Gasteiger partial charge in [-0.1, -0.05) is 35.3 Å². The summed E-state index contributed by atoms with van der Waals surface area (Å²) in [5.74, 6) is -0.0551. The van der Waals surface area contributed by atoms with Crippen LogP contribution in [0, 0.1) is 34.6 Å². The zero-order chi connectivity index (χ0) is 42.0. The third kappa shape index (κ3) is 6.89. The van der Waals surface area contributed by atoms with Crippen LogP contribution in [0.4, 0.5) is 5.69 Å². The molecule has 1 N–H and O–H groups in total. The predicted molar refractivity (Wildman–Crippen MR) is 233 cm³/mol. The minimum absolute atomic E-state index is 0.0812. The van der Waals surface area contributed by atoms with E-state index in [0.717, 1.165) is 66.6 Å². The summed E-state index contributed by atoms with van der Waals surface area (Å²) < 4.78 is 17.8. The van der Waals surface area contributed by atoms with Crippen molar-refractivity contribution in [2.24, 2.45) is 7.05 Å². The molecule has 8 rings (SSSR count). The van der Waals surface area contributed by atoms with Crippen molar-refractivity contribution in [2.45, 2.75) is 67.0 Å². The number of aromatic carboxylic acids is 1. The van der Waals surface area contributed by atoms with Crippen LogP contribution < -0.4 is 14.4 Å². The number of carbonyl (C=O) groups is 2. The lowest BCUT2D eigenvalue weighted by molar-refractivity contribution is 0.0686. The van der Waals surface area contributed by atoms with Crippen molar-refractivity contribution < 1.29 is 24.2 Å². The molecule has 0 spiro atoms. The molecule has 0 unspecified atom stereocenters. The number of methoxy groups -OCH3 is 1. The minimum Gasteiger partial charge on any atom is -0.497 e. The van der Waals surface area contributed by atoms with Crippen molar-refractivity contribution >= 4 is 62.6 Å². The van der Waals surface area contributed by atoms with Gasteiger partial charge in [0.25, 0.3) is 5.91 Å². The first kappa shape index (κ1) is 40.0. The molecule has 4 aromatic heterocycles. The second-order valence-electron chi connectivity index (χ2n) is 15.5. The van der Waals surface area contributed by atoms with Crippen LogP contribution in [0.15, 0.2) is 60.7 Å². The van der Waals surface area contributed by atoms with Crippen molar-refractivity contribution in [1.29, 1.82) is 0 Å². The van der Waals surface area contributed by atoms with Gasteiger partial charge in [0.2, 0.25) is 0 Å². The van der Waals surface area contributed by atoms with E-state index in [9.17, 15) is 9.90 Å². The maximum atomic E-state index is 15.5. The van der Waals surface area contributed by atoms with Gasteiger partial charge in [0, 0.05) is 64.0 Å². The lowest BCUT2D eigenvalue weighted by Gasteiger charge is -2.35. The fraction of sp³-hybridized carbons (Fsp3) is 0.304.